The molecule has 1 N–H and O–H groups in total. The molecule has 25 heavy (non-hydrogen) atoms. The Morgan fingerprint density at radius 1 is 1.16 bits per heavy atom. The van der Waals surface area contributed by atoms with E-state index in [1.165, 1.54) is 12.1 Å². The van der Waals surface area contributed by atoms with Gasteiger partial charge in [-0.2, -0.15) is 13.2 Å². The van der Waals surface area contributed by atoms with E-state index in [0.717, 1.165) is 23.3 Å². The fourth-order valence-corrected chi connectivity index (χ4v) is 2.27. The van der Waals surface area contributed by atoms with Crippen molar-refractivity contribution < 1.29 is 22.7 Å². The van der Waals surface area contributed by atoms with Gasteiger partial charge < -0.3 is 10.1 Å². The topological polar surface area (TPSA) is 38.3 Å². The summed E-state index contributed by atoms with van der Waals surface area (Å²) >= 11 is 0. The molecule has 2 rings (SSSR count). The molecule has 1 amide bonds. The predicted octanol–water partition coefficient (Wildman–Crippen LogP) is 4.41. The molecular weight excluding hydrogens is 331 g/mol. The van der Waals surface area contributed by atoms with E-state index in [1.807, 2.05) is 32.0 Å². The summed E-state index contributed by atoms with van der Waals surface area (Å²) < 4.78 is 43.8. The zero-order valence-corrected chi connectivity index (χ0v) is 14.3. The van der Waals surface area contributed by atoms with Crippen molar-refractivity contribution in [3.8, 4) is 5.75 Å². The molecule has 3 nitrogen and oxygen atoms in total. The zero-order chi connectivity index (χ0) is 18.6. The Hall–Kier alpha value is -2.50. The van der Waals surface area contributed by atoms with Gasteiger partial charge in [0.05, 0.1) is 5.56 Å². The predicted molar refractivity (Wildman–Crippen MR) is 89.3 cm³/mol. The molecule has 0 aliphatic carbocycles. The number of nitrogens with one attached hydrogen (secondary N) is 1. The van der Waals surface area contributed by atoms with Gasteiger partial charge in [0.15, 0.2) is 6.10 Å². The highest BCUT2D eigenvalue weighted by molar-refractivity contribution is 5.80. The maximum absolute atomic E-state index is 12.7. The van der Waals surface area contributed by atoms with Crippen LogP contribution in [-0.2, 0) is 17.5 Å². The summed E-state index contributed by atoms with van der Waals surface area (Å²) in [5.74, 6) is 0.222. The van der Waals surface area contributed by atoms with Gasteiger partial charge >= 0.3 is 6.18 Å². The van der Waals surface area contributed by atoms with E-state index < -0.39 is 23.8 Å². The summed E-state index contributed by atoms with van der Waals surface area (Å²) in [4.78, 5) is 12.1. The van der Waals surface area contributed by atoms with Gasteiger partial charge in [0.1, 0.15) is 5.75 Å². The first kappa shape index (κ1) is 18.8. The summed E-state index contributed by atoms with van der Waals surface area (Å²) in [5, 5.41) is 2.60. The van der Waals surface area contributed by atoms with Gasteiger partial charge in [-0.25, -0.2) is 0 Å². The molecular formula is C19H20F3NO2. The van der Waals surface area contributed by atoms with E-state index in [2.05, 4.69) is 5.32 Å². The number of alkyl halides is 3. The highest BCUT2D eigenvalue weighted by Gasteiger charge is 2.30. The van der Waals surface area contributed by atoms with Crippen LogP contribution in [0.15, 0.2) is 42.5 Å². The number of ether oxygens (including phenoxy) is 1. The molecule has 1 atom stereocenters. The van der Waals surface area contributed by atoms with Crippen LogP contribution in [0.4, 0.5) is 13.2 Å². The maximum atomic E-state index is 12.7. The Bertz CT molecular complexity index is 757. The van der Waals surface area contributed by atoms with Crippen LogP contribution in [0, 0.1) is 13.8 Å². The molecule has 2 aromatic carbocycles. The number of aryl methyl sites for hydroxylation is 2. The average molecular weight is 351 g/mol. The largest absolute Gasteiger partial charge is 0.481 e. The van der Waals surface area contributed by atoms with E-state index in [4.69, 9.17) is 4.74 Å². The van der Waals surface area contributed by atoms with Gasteiger partial charge in [-0.1, -0.05) is 24.3 Å². The van der Waals surface area contributed by atoms with Crippen molar-refractivity contribution in [3.63, 3.8) is 0 Å². The first-order valence-electron chi connectivity index (χ1n) is 7.84. The van der Waals surface area contributed by atoms with Gasteiger partial charge in [0, 0.05) is 6.54 Å². The fraction of sp³-hybridized carbons (Fsp3) is 0.316. The van der Waals surface area contributed by atoms with Gasteiger partial charge in [0.2, 0.25) is 0 Å². The SMILES string of the molecule is Cc1ccc(C)c(O[C@H](C)C(=O)NCc2cccc(C(F)(F)F)c2)c1. The molecule has 0 unspecified atom stereocenters. The second-order valence-corrected chi connectivity index (χ2v) is 5.94. The minimum absolute atomic E-state index is 0.00323. The summed E-state index contributed by atoms with van der Waals surface area (Å²) in [5.41, 5.74) is 1.56. The van der Waals surface area contributed by atoms with Crippen LogP contribution in [0.3, 0.4) is 0 Å². The lowest BCUT2D eigenvalue weighted by Crippen LogP contribution is -2.36. The Morgan fingerprint density at radius 3 is 2.56 bits per heavy atom. The third-order valence-corrected chi connectivity index (χ3v) is 3.74. The molecule has 2 aromatic rings. The molecule has 0 aliphatic rings. The van der Waals surface area contributed by atoms with Crippen LogP contribution < -0.4 is 10.1 Å². The molecule has 0 saturated carbocycles. The van der Waals surface area contributed by atoms with Crippen LogP contribution in [0.25, 0.3) is 0 Å². The van der Waals surface area contributed by atoms with E-state index in [0.29, 0.717) is 11.3 Å². The quantitative estimate of drug-likeness (QED) is 0.867. The van der Waals surface area contributed by atoms with Crippen molar-refractivity contribution in [1.29, 1.82) is 0 Å². The molecule has 0 aliphatic heterocycles. The van der Waals surface area contributed by atoms with Gasteiger partial charge in [-0.3, -0.25) is 4.79 Å². The van der Waals surface area contributed by atoms with Crippen LogP contribution in [0.1, 0.15) is 29.2 Å². The fourth-order valence-electron chi connectivity index (χ4n) is 2.27. The third-order valence-electron chi connectivity index (χ3n) is 3.74. The highest BCUT2D eigenvalue weighted by Crippen LogP contribution is 2.29. The van der Waals surface area contributed by atoms with Crippen molar-refractivity contribution >= 4 is 5.91 Å². The summed E-state index contributed by atoms with van der Waals surface area (Å²) in [6.45, 7) is 5.40. The van der Waals surface area contributed by atoms with Gasteiger partial charge in [0.25, 0.3) is 5.91 Å². The average Bonchev–Trinajstić information content (AvgIpc) is 2.55. The second kappa shape index (κ2) is 7.59. The molecule has 6 heteroatoms. The Labute approximate surface area is 144 Å². The molecule has 134 valence electrons. The Balaban J connectivity index is 1.97. The molecule has 0 bridgehead atoms. The minimum Gasteiger partial charge on any atom is -0.481 e. The number of hydrogen-bond donors (Lipinski definition) is 1. The number of benzene rings is 2. The summed E-state index contributed by atoms with van der Waals surface area (Å²) in [6, 6.07) is 10.6. The van der Waals surface area contributed by atoms with Crippen molar-refractivity contribution in [2.45, 2.75) is 39.6 Å². The zero-order valence-electron chi connectivity index (χ0n) is 14.3. The molecule has 0 spiro atoms. The smallest absolute Gasteiger partial charge is 0.416 e. The van der Waals surface area contributed by atoms with Crippen LogP contribution in [-0.4, -0.2) is 12.0 Å². The maximum Gasteiger partial charge on any atom is 0.416 e. The van der Waals surface area contributed by atoms with E-state index >= 15 is 0 Å². The standard InChI is InChI=1S/C19H20F3NO2/c1-12-7-8-13(2)17(9-12)25-14(3)18(24)23-11-15-5-4-6-16(10-15)19(20,21)22/h4-10,14H,11H2,1-3H3,(H,23,24)/t14-/m1/s1. The van der Waals surface area contributed by atoms with Crippen molar-refractivity contribution in [1.82, 2.24) is 5.32 Å². The summed E-state index contributed by atoms with van der Waals surface area (Å²) in [6.07, 6.45) is -5.16. The molecule has 0 heterocycles. The molecule has 0 saturated heterocycles. The normalized spacial score (nSPS) is 12.6. The lowest BCUT2D eigenvalue weighted by molar-refractivity contribution is -0.137. The van der Waals surface area contributed by atoms with E-state index in [1.54, 1.807) is 6.92 Å². The molecule has 0 radical (unpaired) electrons. The monoisotopic (exact) mass is 351 g/mol. The lowest BCUT2D eigenvalue weighted by atomic mass is 10.1. The Kier molecular flexibility index (Phi) is 5.72. The Morgan fingerprint density at radius 2 is 1.88 bits per heavy atom. The van der Waals surface area contributed by atoms with Crippen molar-refractivity contribution in [2.24, 2.45) is 0 Å². The number of amides is 1. The van der Waals surface area contributed by atoms with Crippen LogP contribution in [0.5, 0.6) is 5.75 Å². The number of rotatable bonds is 5. The number of carbonyl (C=O) groups excluding carboxylic acids is 1. The number of carbonyl (C=O) groups is 1. The van der Waals surface area contributed by atoms with Crippen molar-refractivity contribution in [2.75, 3.05) is 0 Å². The number of hydrogen-bond acceptors (Lipinski definition) is 2. The first-order valence-corrected chi connectivity index (χ1v) is 7.84. The first-order chi connectivity index (χ1) is 11.7. The van der Waals surface area contributed by atoms with E-state index in [9.17, 15) is 18.0 Å². The van der Waals surface area contributed by atoms with Crippen LogP contribution >= 0.6 is 0 Å². The minimum atomic E-state index is -4.40. The van der Waals surface area contributed by atoms with Gasteiger partial charge in [-0.15, -0.1) is 0 Å². The second-order valence-electron chi connectivity index (χ2n) is 5.94. The van der Waals surface area contributed by atoms with Gasteiger partial charge in [-0.05, 0) is 55.7 Å². The molecule has 0 fully saturated rings. The highest BCUT2D eigenvalue weighted by atomic mass is 19.4. The lowest BCUT2D eigenvalue weighted by Gasteiger charge is -2.17. The third kappa shape index (κ3) is 5.24. The van der Waals surface area contributed by atoms with Crippen molar-refractivity contribution in [3.05, 3.63) is 64.7 Å². The van der Waals surface area contributed by atoms with E-state index in [-0.39, 0.29) is 6.54 Å². The number of halogens is 3. The summed E-state index contributed by atoms with van der Waals surface area (Å²) in [7, 11) is 0. The molecule has 0 aromatic heterocycles. The van der Waals surface area contributed by atoms with Crippen LogP contribution in [0.2, 0.25) is 0 Å².